The second-order valence-electron chi connectivity index (χ2n) is 8.89. The fourth-order valence-corrected chi connectivity index (χ4v) is 5.93. The summed E-state index contributed by atoms with van der Waals surface area (Å²) in [5.74, 6) is 3.43. The summed E-state index contributed by atoms with van der Waals surface area (Å²) in [5.41, 5.74) is 2.13. The molecule has 4 nitrogen and oxygen atoms in total. The molecule has 3 atom stereocenters. The summed E-state index contributed by atoms with van der Waals surface area (Å²) >= 11 is 0. The van der Waals surface area contributed by atoms with Crippen molar-refractivity contribution in [2.45, 2.75) is 70.3 Å². The molecule has 1 amide bonds. The largest absolute Gasteiger partial charge is 0.496 e. The summed E-state index contributed by atoms with van der Waals surface area (Å²) in [6.07, 6.45) is 11.1. The zero-order valence-electron chi connectivity index (χ0n) is 16.9. The average molecular weight is 371 g/mol. The van der Waals surface area contributed by atoms with E-state index in [0.29, 0.717) is 5.92 Å². The van der Waals surface area contributed by atoms with E-state index < -0.39 is 0 Å². The van der Waals surface area contributed by atoms with Crippen LogP contribution >= 0.6 is 0 Å². The van der Waals surface area contributed by atoms with Crippen LogP contribution in [0.4, 0.5) is 5.69 Å². The van der Waals surface area contributed by atoms with Gasteiger partial charge in [-0.2, -0.15) is 0 Å². The average Bonchev–Trinajstić information content (AvgIpc) is 3.02. The number of nitrogens with one attached hydrogen (secondary N) is 1. The second kappa shape index (κ2) is 8.22. The van der Waals surface area contributed by atoms with Crippen molar-refractivity contribution in [1.82, 2.24) is 4.90 Å². The Morgan fingerprint density at radius 3 is 2.67 bits per heavy atom. The van der Waals surface area contributed by atoms with Crippen LogP contribution in [-0.4, -0.2) is 37.0 Å². The molecule has 1 saturated heterocycles. The molecule has 1 heterocycles. The molecule has 0 aromatic heterocycles. The molecule has 2 saturated carbocycles. The lowest BCUT2D eigenvalue weighted by molar-refractivity contribution is -0.114. The zero-order valence-corrected chi connectivity index (χ0v) is 16.9. The molecule has 4 rings (SSSR count). The number of nitrogens with zero attached hydrogens (tertiary/aromatic N) is 1. The third-order valence-electron chi connectivity index (χ3n) is 7.23. The van der Waals surface area contributed by atoms with E-state index in [1.807, 2.05) is 12.1 Å². The normalized spacial score (nSPS) is 29.3. The molecule has 3 fully saturated rings. The van der Waals surface area contributed by atoms with Crippen LogP contribution in [0.5, 0.6) is 5.75 Å². The number of anilines is 1. The number of hydrogen-bond acceptors (Lipinski definition) is 3. The van der Waals surface area contributed by atoms with Gasteiger partial charge in [-0.3, -0.25) is 4.79 Å². The van der Waals surface area contributed by atoms with E-state index in [0.717, 1.165) is 29.3 Å². The van der Waals surface area contributed by atoms with E-state index in [2.05, 4.69) is 16.3 Å². The van der Waals surface area contributed by atoms with Crippen LogP contribution in [0.3, 0.4) is 0 Å². The van der Waals surface area contributed by atoms with Gasteiger partial charge in [-0.1, -0.05) is 19.3 Å². The van der Waals surface area contributed by atoms with Crippen molar-refractivity contribution in [1.29, 1.82) is 0 Å². The standard InChI is InChI=1S/C23H34N2O2/c1-16(26)24-20-8-9-23(27-2)21(15-20)18-10-12-25(13-11-18)22-5-3-4-17-6-7-19(22)14-17/h8-9,15,17-19,22H,3-7,10-14H2,1-2H3,(H,24,26)/t17-,19-,22?/m0/s1. The van der Waals surface area contributed by atoms with Crippen molar-refractivity contribution in [2.24, 2.45) is 11.8 Å². The number of likely N-dealkylation sites (tertiary alicyclic amines) is 1. The van der Waals surface area contributed by atoms with Gasteiger partial charge in [0.15, 0.2) is 0 Å². The number of amides is 1. The number of piperidine rings is 1. The number of methoxy groups -OCH3 is 1. The van der Waals surface area contributed by atoms with Crippen LogP contribution in [0.25, 0.3) is 0 Å². The van der Waals surface area contributed by atoms with Gasteiger partial charge in [0.25, 0.3) is 0 Å². The molecule has 3 aliphatic rings. The van der Waals surface area contributed by atoms with E-state index in [-0.39, 0.29) is 5.91 Å². The molecule has 148 valence electrons. The van der Waals surface area contributed by atoms with E-state index in [9.17, 15) is 4.79 Å². The van der Waals surface area contributed by atoms with Crippen molar-refractivity contribution < 1.29 is 9.53 Å². The molecule has 27 heavy (non-hydrogen) atoms. The summed E-state index contributed by atoms with van der Waals surface area (Å²) in [6.45, 7) is 3.96. The summed E-state index contributed by atoms with van der Waals surface area (Å²) in [4.78, 5) is 14.2. The van der Waals surface area contributed by atoms with Crippen molar-refractivity contribution in [3.8, 4) is 5.75 Å². The lowest BCUT2D eigenvalue weighted by atomic mass is 9.85. The van der Waals surface area contributed by atoms with Crippen LogP contribution < -0.4 is 10.1 Å². The topological polar surface area (TPSA) is 41.6 Å². The van der Waals surface area contributed by atoms with Gasteiger partial charge in [0.1, 0.15) is 5.75 Å². The molecule has 1 N–H and O–H groups in total. The minimum Gasteiger partial charge on any atom is -0.496 e. The second-order valence-corrected chi connectivity index (χ2v) is 8.89. The highest BCUT2D eigenvalue weighted by molar-refractivity contribution is 5.88. The van der Waals surface area contributed by atoms with Gasteiger partial charge in [-0.05, 0) is 86.7 Å². The Morgan fingerprint density at radius 1 is 1.11 bits per heavy atom. The van der Waals surface area contributed by atoms with Crippen molar-refractivity contribution in [3.05, 3.63) is 23.8 Å². The summed E-state index contributed by atoms with van der Waals surface area (Å²) in [6, 6.07) is 6.87. The van der Waals surface area contributed by atoms with E-state index in [1.54, 1.807) is 14.0 Å². The molecule has 0 radical (unpaired) electrons. The summed E-state index contributed by atoms with van der Waals surface area (Å²) < 4.78 is 5.63. The van der Waals surface area contributed by atoms with Crippen molar-refractivity contribution >= 4 is 11.6 Å². The van der Waals surface area contributed by atoms with Crippen LogP contribution in [0.1, 0.15) is 69.8 Å². The maximum absolute atomic E-state index is 11.4. The first-order chi connectivity index (χ1) is 13.1. The SMILES string of the molecule is COc1ccc(NC(C)=O)cc1C1CCN(C2CCC[C@H]3CC[C@H]2C3)CC1. The number of hydrogen-bond donors (Lipinski definition) is 1. The maximum atomic E-state index is 11.4. The molecule has 2 aliphatic carbocycles. The fourth-order valence-electron chi connectivity index (χ4n) is 5.93. The highest BCUT2D eigenvalue weighted by Gasteiger charge is 2.37. The molecule has 1 aromatic rings. The quantitative estimate of drug-likeness (QED) is 0.827. The molecule has 2 bridgehead atoms. The van der Waals surface area contributed by atoms with Gasteiger partial charge < -0.3 is 15.0 Å². The molecule has 4 heteroatoms. The first-order valence-corrected chi connectivity index (χ1v) is 10.8. The van der Waals surface area contributed by atoms with E-state index in [1.165, 1.54) is 70.0 Å². The van der Waals surface area contributed by atoms with Gasteiger partial charge in [0, 0.05) is 18.7 Å². The molecule has 1 aliphatic heterocycles. The molecule has 0 spiro atoms. The van der Waals surface area contributed by atoms with Crippen LogP contribution in [-0.2, 0) is 4.79 Å². The van der Waals surface area contributed by atoms with Crippen LogP contribution in [0.2, 0.25) is 0 Å². The van der Waals surface area contributed by atoms with Crippen LogP contribution in [0, 0.1) is 11.8 Å². The first-order valence-electron chi connectivity index (χ1n) is 10.8. The number of rotatable bonds is 4. The Kier molecular flexibility index (Phi) is 5.72. The molecule has 1 aromatic carbocycles. The molecular formula is C23H34N2O2. The third-order valence-corrected chi connectivity index (χ3v) is 7.23. The monoisotopic (exact) mass is 370 g/mol. The van der Waals surface area contributed by atoms with Crippen LogP contribution in [0.15, 0.2) is 18.2 Å². The minimum atomic E-state index is -0.0239. The Bertz CT molecular complexity index is 666. The highest BCUT2D eigenvalue weighted by atomic mass is 16.5. The van der Waals surface area contributed by atoms with Crippen molar-refractivity contribution in [2.75, 3.05) is 25.5 Å². The number of carbonyl (C=O) groups is 1. The van der Waals surface area contributed by atoms with Gasteiger partial charge in [-0.15, -0.1) is 0 Å². The Balaban J connectivity index is 1.43. The predicted octanol–water partition coefficient (Wildman–Crippen LogP) is 4.80. The number of carbonyl (C=O) groups excluding carboxylic acids is 1. The van der Waals surface area contributed by atoms with Crippen molar-refractivity contribution in [3.63, 3.8) is 0 Å². The lowest BCUT2D eigenvalue weighted by Crippen LogP contribution is -2.44. The minimum absolute atomic E-state index is 0.0239. The lowest BCUT2D eigenvalue weighted by Gasteiger charge is -2.40. The van der Waals surface area contributed by atoms with Gasteiger partial charge in [0.05, 0.1) is 7.11 Å². The number of benzene rings is 1. The van der Waals surface area contributed by atoms with E-state index in [4.69, 9.17) is 4.74 Å². The number of ether oxygens (including phenoxy) is 1. The Labute approximate surface area is 163 Å². The van der Waals surface area contributed by atoms with Gasteiger partial charge >= 0.3 is 0 Å². The Hall–Kier alpha value is -1.55. The highest BCUT2D eigenvalue weighted by Crippen LogP contribution is 2.44. The Morgan fingerprint density at radius 2 is 1.93 bits per heavy atom. The maximum Gasteiger partial charge on any atom is 0.221 e. The fraction of sp³-hybridized carbons (Fsp3) is 0.696. The summed E-state index contributed by atoms with van der Waals surface area (Å²) in [7, 11) is 1.74. The van der Waals surface area contributed by atoms with Gasteiger partial charge in [0.2, 0.25) is 5.91 Å². The number of fused-ring (bicyclic) bond motifs is 2. The smallest absolute Gasteiger partial charge is 0.221 e. The molecular weight excluding hydrogens is 336 g/mol. The van der Waals surface area contributed by atoms with E-state index >= 15 is 0 Å². The predicted molar refractivity (Wildman–Crippen MR) is 109 cm³/mol. The van der Waals surface area contributed by atoms with Gasteiger partial charge in [-0.25, -0.2) is 0 Å². The molecule has 1 unspecified atom stereocenters. The summed E-state index contributed by atoms with van der Waals surface area (Å²) in [5, 5.41) is 2.92. The third kappa shape index (κ3) is 4.16. The zero-order chi connectivity index (χ0) is 18.8. The first kappa shape index (κ1) is 18.8.